The SMILES string of the molecule is COC(=O)c1cccc(NC(=O)C(=O)c2cn(C)c3ccccc23)c1. The third kappa shape index (κ3) is 3.14. The normalized spacial score (nSPS) is 10.5. The molecule has 0 aliphatic heterocycles. The van der Waals surface area contributed by atoms with Gasteiger partial charge in [0.15, 0.2) is 0 Å². The van der Waals surface area contributed by atoms with Crippen LogP contribution in [0.3, 0.4) is 0 Å². The van der Waals surface area contributed by atoms with Gasteiger partial charge in [-0.1, -0.05) is 24.3 Å². The first kappa shape index (κ1) is 16.4. The molecular formula is C19H16N2O4. The van der Waals surface area contributed by atoms with Crippen LogP contribution in [-0.4, -0.2) is 29.3 Å². The molecule has 0 saturated carbocycles. The molecule has 0 unspecified atom stereocenters. The van der Waals surface area contributed by atoms with Crippen LogP contribution < -0.4 is 5.32 Å². The molecule has 2 aromatic carbocycles. The van der Waals surface area contributed by atoms with Gasteiger partial charge in [-0.15, -0.1) is 0 Å². The van der Waals surface area contributed by atoms with E-state index in [-0.39, 0.29) is 5.56 Å². The van der Waals surface area contributed by atoms with Crippen LogP contribution >= 0.6 is 0 Å². The summed E-state index contributed by atoms with van der Waals surface area (Å²) < 4.78 is 6.44. The molecule has 126 valence electrons. The number of aryl methyl sites for hydroxylation is 1. The molecule has 1 aromatic heterocycles. The van der Waals surface area contributed by atoms with Crippen LogP contribution in [0.1, 0.15) is 20.7 Å². The predicted octanol–water partition coefficient (Wildman–Crippen LogP) is 2.79. The second kappa shape index (κ2) is 6.60. The van der Waals surface area contributed by atoms with Gasteiger partial charge < -0.3 is 14.6 Å². The molecule has 0 fully saturated rings. The van der Waals surface area contributed by atoms with Crippen LogP contribution in [-0.2, 0) is 16.6 Å². The minimum atomic E-state index is -0.765. The fraction of sp³-hybridized carbons (Fsp3) is 0.105. The minimum absolute atomic E-state index is 0.290. The molecule has 1 heterocycles. The molecular weight excluding hydrogens is 320 g/mol. The number of Topliss-reactive ketones (excluding diaryl/α,β-unsaturated/α-hetero) is 1. The van der Waals surface area contributed by atoms with E-state index in [4.69, 9.17) is 0 Å². The topological polar surface area (TPSA) is 77.4 Å². The Hall–Kier alpha value is -3.41. The number of esters is 1. The van der Waals surface area contributed by atoms with Crippen molar-refractivity contribution in [2.45, 2.75) is 0 Å². The van der Waals surface area contributed by atoms with Crippen molar-refractivity contribution in [3.63, 3.8) is 0 Å². The summed E-state index contributed by atoms with van der Waals surface area (Å²) in [5, 5.41) is 3.24. The first-order valence-corrected chi connectivity index (χ1v) is 7.59. The maximum Gasteiger partial charge on any atom is 0.337 e. The van der Waals surface area contributed by atoms with Crippen LogP contribution in [0, 0.1) is 0 Å². The van der Waals surface area contributed by atoms with Crippen molar-refractivity contribution >= 4 is 34.3 Å². The molecule has 6 nitrogen and oxygen atoms in total. The number of hydrogen-bond donors (Lipinski definition) is 1. The van der Waals surface area contributed by atoms with Crippen molar-refractivity contribution in [2.75, 3.05) is 12.4 Å². The molecule has 0 atom stereocenters. The Kier molecular flexibility index (Phi) is 4.35. The fourth-order valence-corrected chi connectivity index (χ4v) is 2.67. The van der Waals surface area contributed by atoms with Crippen LogP contribution in [0.4, 0.5) is 5.69 Å². The maximum absolute atomic E-state index is 12.5. The monoisotopic (exact) mass is 336 g/mol. The lowest BCUT2D eigenvalue weighted by Gasteiger charge is -2.06. The Morgan fingerprint density at radius 3 is 2.56 bits per heavy atom. The van der Waals surface area contributed by atoms with Crippen molar-refractivity contribution in [1.29, 1.82) is 0 Å². The average Bonchev–Trinajstić information content (AvgIpc) is 2.97. The standard InChI is InChI=1S/C19H16N2O4/c1-21-11-15(14-8-3-4-9-16(14)21)17(22)18(23)20-13-7-5-6-12(10-13)19(24)25-2/h3-11H,1-2H3,(H,20,23). The van der Waals surface area contributed by atoms with E-state index in [9.17, 15) is 14.4 Å². The smallest absolute Gasteiger partial charge is 0.337 e. The Morgan fingerprint density at radius 2 is 1.80 bits per heavy atom. The molecule has 0 radical (unpaired) electrons. The largest absolute Gasteiger partial charge is 0.465 e. The number of carbonyl (C=O) groups is 3. The quantitative estimate of drug-likeness (QED) is 0.451. The summed E-state index contributed by atoms with van der Waals surface area (Å²) in [4.78, 5) is 36.4. The van der Waals surface area contributed by atoms with E-state index < -0.39 is 17.7 Å². The summed E-state index contributed by atoms with van der Waals surface area (Å²) in [5.74, 6) is -1.92. The third-order valence-corrected chi connectivity index (χ3v) is 3.89. The number of benzene rings is 2. The molecule has 25 heavy (non-hydrogen) atoms. The number of para-hydroxylation sites is 1. The Labute approximate surface area is 144 Å². The number of aromatic nitrogens is 1. The highest BCUT2D eigenvalue weighted by molar-refractivity contribution is 6.48. The van der Waals surface area contributed by atoms with E-state index in [0.717, 1.165) is 5.52 Å². The van der Waals surface area contributed by atoms with Crippen molar-refractivity contribution < 1.29 is 19.1 Å². The van der Waals surface area contributed by atoms with Crippen LogP contribution in [0.15, 0.2) is 54.7 Å². The second-order valence-electron chi connectivity index (χ2n) is 5.53. The number of ketones is 1. The number of nitrogens with one attached hydrogen (secondary N) is 1. The van der Waals surface area contributed by atoms with Gasteiger partial charge in [-0.3, -0.25) is 9.59 Å². The van der Waals surface area contributed by atoms with Gasteiger partial charge >= 0.3 is 5.97 Å². The van der Waals surface area contributed by atoms with Gasteiger partial charge in [0.1, 0.15) is 0 Å². The summed E-state index contributed by atoms with van der Waals surface area (Å²) in [6.45, 7) is 0. The molecule has 1 N–H and O–H groups in total. The molecule has 3 aromatic rings. The fourth-order valence-electron chi connectivity index (χ4n) is 2.67. The number of fused-ring (bicyclic) bond motifs is 1. The van der Waals surface area contributed by atoms with Gasteiger partial charge in [0.2, 0.25) is 0 Å². The van der Waals surface area contributed by atoms with Gasteiger partial charge in [-0.2, -0.15) is 0 Å². The van der Waals surface area contributed by atoms with E-state index in [1.165, 1.54) is 13.2 Å². The van der Waals surface area contributed by atoms with E-state index in [2.05, 4.69) is 10.1 Å². The van der Waals surface area contributed by atoms with Crippen molar-refractivity contribution in [3.8, 4) is 0 Å². The second-order valence-corrected chi connectivity index (χ2v) is 5.53. The minimum Gasteiger partial charge on any atom is -0.465 e. The summed E-state index contributed by atoms with van der Waals surface area (Å²) in [5.41, 5.74) is 1.84. The van der Waals surface area contributed by atoms with Gasteiger partial charge in [0, 0.05) is 29.8 Å². The predicted molar refractivity (Wildman–Crippen MR) is 93.7 cm³/mol. The van der Waals surface area contributed by atoms with Crippen LogP contribution in [0.5, 0.6) is 0 Å². The van der Waals surface area contributed by atoms with E-state index >= 15 is 0 Å². The van der Waals surface area contributed by atoms with E-state index in [0.29, 0.717) is 16.6 Å². The molecule has 6 heteroatoms. The number of amides is 1. The zero-order valence-corrected chi connectivity index (χ0v) is 13.8. The van der Waals surface area contributed by atoms with E-state index in [1.807, 2.05) is 25.2 Å². The lowest BCUT2D eigenvalue weighted by molar-refractivity contribution is -0.112. The first-order chi connectivity index (χ1) is 12.0. The van der Waals surface area contributed by atoms with Crippen molar-refractivity contribution in [2.24, 2.45) is 7.05 Å². The van der Waals surface area contributed by atoms with Crippen LogP contribution in [0.2, 0.25) is 0 Å². The number of methoxy groups -OCH3 is 1. The van der Waals surface area contributed by atoms with Gasteiger partial charge in [0.25, 0.3) is 11.7 Å². The first-order valence-electron chi connectivity index (χ1n) is 7.59. The Bertz CT molecular complexity index is 988. The highest BCUT2D eigenvalue weighted by atomic mass is 16.5. The Morgan fingerprint density at radius 1 is 1.04 bits per heavy atom. The third-order valence-electron chi connectivity index (χ3n) is 3.89. The number of hydrogen-bond acceptors (Lipinski definition) is 4. The molecule has 0 spiro atoms. The zero-order valence-electron chi connectivity index (χ0n) is 13.8. The highest BCUT2D eigenvalue weighted by Crippen LogP contribution is 2.21. The number of rotatable bonds is 4. The van der Waals surface area contributed by atoms with E-state index in [1.54, 1.807) is 35.0 Å². The molecule has 0 aliphatic carbocycles. The zero-order chi connectivity index (χ0) is 18.0. The molecule has 0 aliphatic rings. The van der Waals surface area contributed by atoms with Gasteiger partial charge in [0.05, 0.1) is 18.2 Å². The van der Waals surface area contributed by atoms with Crippen molar-refractivity contribution in [1.82, 2.24) is 4.57 Å². The van der Waals surface area contributed by atoms with Gasteiger partial charge in [-0.25, -0.2) is 4.79 Å². The number of anilines is 1. The van der Waals surface area contributed by atoms with Crippen molar-refractivity contribution in [3.05, 3.63) is 65.9 Å². The molecule has 1 amide bonds. The lowest BCUT2D eigenvalue weighted by Crippen LogP contribution is -2.22. The summed E-state index contributed by atoms with van der Waals surface area (Å²) >= 11 is 0. The number of ether oxygens (including phenoxy) is 1. The maximum atomic E-state index is 12.5. The number of carbonyl (C=O) groups excluding carboxylic acids is 3. The van der Waals surface area contributed by atoms with Crippen LogP contribution in [0.25, 0.3) is 10.9 Å². The average molecular weight is 336 g/mol. The Balaban J connectivity index is 1.86. The number of nitrogens with zero attached hydrogens (tertiary/aromatic N) is 1. The summed E-state index contributed by atoms with van der Waals surface area (Å²) in [6.07, 6.45) is 1.64. The molecule has 0 bridgehead atoms. The highest BCUT2D eigenvalue weighted by Gasteiger charge is 2.21. The molecule has 0 saturated heterocycles. The molecule has 3 rings (SSSR count). The lowest BCUT2D eigenvalue weighted by atomic mass is 10.1. The summed E-state index contributed by atoms with van der Waals surface area (Å²) in [6, 6.07) is 13.6. The summed E-state index contributed by atoms with van der Waals surface area (Å²) in [7, 11) is 3.09. The van der Waals surface area contributed by atoms with Gasteiger partial charge in [-0.05, 0) is 24.3 Å².